The van der Waals surface area contributed by atoms with Crippen LogP contribution in [0.15, 0.2) is 36.7 Å². The third-order valence-corrected chi connectivity index (χ3v) is 4.18. The maximum Gasteiger partial charge on any atom is 0.347 e. The number of hydrogen-bond acceptors (Lipinski definition) is 4. The van der Waals surface area contributed by atoms with Crippen LogP contribution >= 0.6 is 11.3 Å². The van der Waals surface area contributed by atoms with E-state index in [-0.39, 0.29) is 0 Å². The highest BCUT2D eigenvalue weighted by Gasteiger charge is 2.18. The Bertz CT molecular complexity index is 758. The summed E-state index contributed by atoms with van der Waals surface area (Å²) in [4.78, 5) is 16.5. The summed E-state index contributed by atoms with van der Waals surface area (Å²) in [5, 5.41) is 9.29. The first-order chi connectivity index (χ1) is 9.69. The summed E-state index contributed by atoms with van der Waals surface area (Å²) in [6.45, 7) is 0. The lowest BCUT2D eigenvalue weighted by Gasteiger charge is -2.04. The van der Waals surface area contributed by atoms with E-state index in [1.807, 2.05) is 28.7 Å². The van der Waals surface area contributed by atoms with Crippen LogP contribution in [0, 0.1) is 0 Å². The number of thiazole rings is 1. The van der Waals surface area contributed by atoms with Crippen LogP contribution in [0.2, 0.25) is 0 Å². The fraction of sp³-hybridized carbons (Fsp3) is 0.143. The number of rotatable bonds is 4. The van der Waals surface area contributed by atoms with Gasteiger partial charge in [-0.1, -0.05) is 23.5 Å². The third-order valence-electron chi connectivity index (χ3n) is 3.08. The number of fused-ring (bicyclic) bond motifs is 1. The van der Waals surface area contributed by atoms with E-state index in [0.717, 1.165) is 17.0 Å². The van der Waals surface area contributed by atoms with Crippen molar-refractivity contribution in [3.05, 3.63) is 52.8 Å². The molecule has 0 aliphatic carbocycles. The molecule has 0 atom stereocenters. The molecule has 0 spiro atoms. The van der Waals surface area contributed by atoms with Crippen LogP contribution in [0.3, 0.4) is 0 Å². The number of imidazole rings is 1. The molecule has 1 N–H and O–H groups in total. The van der Waals surface area contributed by atoms with Crippen molar-refractivity contribution < 1.29 is 14.6 Å². The van der Waals surface area contributed by atoms with E-state index in [1.54, 1.807) is 19.5 Å². The number of carboxylic acid groups (broad SMARTS) is 1. The number of nitrogens with zero attached hydrogens (tertiary/aromatic N) is 2. The minimum absolute atomic E-state index is 0.337. The maximum absolute atomic E-state index is 11.3. The first-order valence-electron chi connectivity index (χ1n) is 6.00. The molecule has 5 nitrogen and oxygen atoms in total. The van der Waals surface area contributed by atoms with Gasteiger partial charge >= 0.3 is 5.97 Å². The third kappa shape index (κ3) is 2.14. The van der Waals surface area contributed by atoms with E-state index in [9.17, 15) is 9.90 Å². The van der Waals surface area contributed by atoms with E-state index in [1.165, 1.54) is 11.3 Å². The molecule has 20 heavy (non-hydrogen) atoms. The van der Waals surface area contributed by atoms with E-state index in [0.29, 0.717) is 16.3 Å². The van der Waals surface area contributed by atoms with Gasteiger partial charge in [-0.05, 0) is 17.7 Å². The van der Waals surface area contributed by atoms with Crippen LogP contribution in [-0.2, 0) is 6.42 Å². The molecule has 0 aliphatic rings. The normalized spacial score (nSPS) is 10.8. The van der Waals surface area contributed by atoms with Crippen molar-refractivity contribution in [3.8, 4) is 5.75 Å². The topological polar surface area (TPSA) is 63.8 Å². The maximum atomic E-state index is 11.3. The molecule has 0 unspecified atom stereocenters. The minimum Gasteiger partial charge on any atom is -0.497 e. The second kappa shape index (κ2) is 4.97. The lowest BCUT2D eigenvalue weighted by molar-refractivity contribution is 0.0700. The molecule has 2 heterocycles. The van der Waals surface area contributed by atoms with Crippen LogP contribution in [-0.4, -0.2) is 27.6 Å². The van der Waals surface area contributed by atoms with Crippen LogP contribution < -0.4 is 4.74 Å². The first-order valence-corrected chi connectivity index (χ1v) is 6.81. The van der Waals surface area contributed by atoms with Crippen molar-refractivity contribution in [1.82, 2.24) is 9.38 Å². The molecule has 3 rings (SSSR count). The van der Waals surface area contributed by atoms with E-state index >= 15 is 0 Å². The summed E-state index contributed by atoms with van der Waals surface area (Å²) >= 11 is 1.19. The summed E-state index contributed by atoms with van der Waals surface area (Å²) in [6, 6.07) is 7.61. The van der Waals surface area contributed by atoms with Gasteiger partial charge in [-0.3, -0.25) is 4.40 Å². The molecule has 0 aliphatic heterocycles. The highest BCUT2D eigenvalue weighted by molar-refractivity contribution is 7.18. The SMILES string of the molecule is COc1ccc(Cc2c(C(=O)O)sc3nccn23)cc1. The summed E-state index contributed by atoms with van der Waals surface area (Å²) in [6.07, 6.45) is 4.01. The average molecular weight is 288 g/mol. The highest BCUT2D eigenvalue weighted by atomic mass is 32.1. The zero-order valence-electron chi connectivity index (χ0n) is 10.7. The zero-order chi connectivity index (χ0) is 14.1. The number of aromatic carboxylic acids is 1. The number of carbonyl (C=O) groups is 1. The molecule has 0 saturated carbocycles. The van der Waals surface area contributed by atoms with Gasteiger partial charge in [-0.2, -0.15) is 0 Å². The second-order valence-corrected chi connectivity index (χ2v) is 5.27. The van der Waals surface area contributed by atoms with Crippen LogP contribution in [0.5, 0.6) is 5.75 Å². The smallest absolute Gasteiger partial charge is 0.347 e. The number of hydrogen-bond donors (Lipinski definition) is 1. The Hall–Kier alpha value is -2.34. The molecule has 0 amide bonds. The highest BCUT2D eigenvalue weighted by Crippen LogP contribution is 2.25. The van der Waals surface area contributed by atoms with Crippen molar-refractivity contribution in [1.29, 1.82) is 0 Å². The first kappa shape index (κ1) is 12.7. The standard InChI is InChI=1S/C14H12N2O3S/c1-19-10-4-2-9(3-5-10)8-11-12(13(17)18)20-14-15-6-7-16(11)14/h2-7H,8H2,1H3,(H,17,18). The summed E-state index contributed by atoms with van der Waals surface area (Å²) in [5.41, 5.74) is 1.78. The molecule has 0 saturated heterocycles. The van der Waals surface area contributed by atoms with Gasteiger partial charge in [0.1, 0.15) is 10.6 Å². The Morgan fingerprint density at radius 1 is 1.40 bits per heavy atom. The molecule has 2 aromatic heterocycles. The Balaban J connectivity index is 2.01. The van der Waals surface area contributed by atoms with E-state index < -0.39 is 5.97 Å². The van der Waals surface area contributed by atoms with Gasteiger partial charge in [0.15, 0.2) is 4.96 Å². The fourth-order valence-electron chi connectivity index (χ4n) is 2.10. The van der Waals surface area contributed by atoms with Crippen molar-refractivity contribution in [3.63, 3.8) is 0 Å². The van der Waals surface area contributed by atoms with Crippen molar-refractivity contribution in [2.45, 2.75) is 6.42 Å². The Kier molecular flexibility index (Phi) is 3.15. The number of methoxy groups -OCH3 is 1. The summed E-state index contributed by atoms with van der Waals surface area (Å²) in [7, 11) is 1.62. The predicted octanol–water partition coefficient (Wildman–Crippen LogP) is 2.69. The van der Waals surface area contributed by atoms with E-state index in [4.69, 9.17) is 4.74 Å². The lowest BCUT2D eigenvalue weighted by atomic mass is 10.1. The van der Waals surface area contributed by atoms with Gasteiger partial charge in [0.2, 0.25) is 0 Å². The zero-order valence-corrected chi connectivity index (χ0v) is 11.6. The molecule has 3 aromatic rings. The molecular formula is C14H12N2O3S. The van der Waals surface area contributed by atoms with Gasteiger partial charge in [-0.15, -0.1) is 0 Å². The van der Waals surface area contributed by atoms with Crippen molar-refractivity contribution in [2.24, 2.45) is 0 Å². The Labute approximate surface area is 119 Å². The Morgan fingerprint density at radius 2 is 2.15 bits per heavy atom. The average Bonchev–Trinajstić information content (AvgIpc) is 3.02. The molecule has 102 valence electrons. The number of ether oxygens (including phenoxy) is 1. The van der Waals surface area contributed by atoms with Crippen LogP contribution in [0.1, 0.15) is 20.9 Å². The monoisotopic (exact) mass is 288 g/mol. The van der Waals surface area contributed by atoms with Crippen molar-refractivity contribution in [2.75, 3.05) is 7.11 Å². The minimum atomic E-state index is -0.913. The predicted molar refractivity (Wildman–Crippen MR) is 75.8 cm³/mol. The molecule has 0 radical (unpaired) electrons. The van der Waals surface area contributed by atoms with Gasteiger partial charge in [-0.25, -0.2) is 9.78 Å². The Morgan fingerprint density at radius 3 is 2.80 bits per heavy atom. The largest absolute Gasteiger partial charge is 0.497 e. The van der Waals surface area contributed by atoms with Gasteiger partial charge in [0.05, 0.1) is 12.8 Å². The van der Waals surface area contributed by atoms with Gasteiger partial charge in [0.25, 0.3) is 0 Å². The summed E-state index contributed by atoms with van der Waals surface area (Å²) in [5.74, 6) is -0.130. The molecule has 6 heteroatoms. The lowest BCUT2D eigenvalue weighted by Crippen LogP contribution is -2.02. The van der Waals surface area contributed by atoms with Crippen molar-refractivity contribution >= 4 is 22.3 Å². The quantitative estimate of drug-likeness (QED) is 0.801. The van der Waals surface area contributed by atoms with Gasteiger partial charge in [0, 0.05) is 18.8 Å². The number of carboxylic acids is 1. The fourth-order valence-corrected chi connectivity index (χ4v) is 3.04. The second-order valence-electron chi connectivity index (χ2n) is 4.29. The van der Waals surface area contributed by atoms with Gasteiger partial charge < -0.3 is 9.84 Å². The molecular weight excluding hydrogens is 276 g/mol. The van der Waals surface area contributed by atoms with Crippen LogP contribution in [0.4, 0.5) is 0 Å². The van der Waals surface area contributed by atoms with Crippen LogP contribution in [0.25, 0.3) is 4.96 Å². The molecule has 0 bridgehead atoms. The molecule has 1 aromatic carbocycles. The molecule has 0 fully saturated rings. The number of aromatic nitrogens is 2. The number of benzene rings is 1. The summed E-state index contributed by atoms with van der Waals surface area (Å²) < 4.78 is 6.95. The van der Waals surface area contributed by atoms with E-state index in [2.05, 4.69) is 4.98 Å².